The molecular weight excluding hydrogens is 346 g/mol. The van der Waals surface area contributed by atoms with Crippen molar-refractivity contribution in [1.29, 1.82) is 0 Å². The number of nitrogens with zero attached hydrogens (tertiary/aromatic N) is 5. The molecule has 0 heterocycles. The van der Waals surface area contributed by atoms with E-state index in [1.807, 2.05) is 0 Å². The fourth-order valence-electron chi connectivity index (χ4n) is 1.50. The van der Waals surface area contributed by atoms with Crippen LogP contribution in [0.15, 0.2) is 17.0 Å². The van der Waals surface area contributed by atoms with Gasteiger partial charge in [0.05, 0.1) is 14.7 Å². The molecule has 0 amide bonds. The Morgan fingerprint density at radius 2 is 1.22 bits per heavy atom. The van der Waals surface area contributed by atoms with E-state index in [0.29, 0.717) is 6.26 Å². The van der Waals surface area contributed by atoms with Gasteiger partial charge in [-0.1, -0.05) is 0 Å². The molecule has 0 saturated heterocycles. The summed E-state index contributed by atoms with van der Waals surface area (Å²) in [5.74, 6) is 0. The minimum Gasteiger partial charge on any atom is -0.258 e. The average molecular weight is 351 g/mol. The van der Waals surface area contributed by atoms with Crippen molar-refractivity contribution in [3.63, 3.8) is 0 Å². The summed E-state index contributed by atoms with van der Waals surface area (Å²) in [5, 5.41) is 38.8. The molecule has 124 valence electrons. The Kier molecular flexibility index (Phi) is 4.41. The number of anilines is 1. The van der Waals surface area contributed by atoms with Crippen molar-refractivity contribution in [2.45, 2.75) is 4.90 Å². The second-order valence-electron chi connectivity index (χ2n) is 3.86. The Balaban J connectivity index is 4.01. The fourth-order valence-corrected chi connectivity index (χ4v) is 2.15. The van der Waals surface area contributed by atoms with Crippen molar-refractivity contribution < 1.29 is 28.3 Å². The van der Waals surface area contributed by atoms with E-state index in [1.165, 1.54) is 0 Å². The molecule has 1 aromatic carbocycles. The van der Waals surface area contributed by atoms with E-state index in [2.05, 4.69) is 0 Å². The fraction of sp³-hybridized carbons (Fsp3) is 0.143. The molecule has 16 heteroatoms. The molecule has 0 aliphatic rings. The van der Waals surface area contributed by atoms with E-state index in [0.717, 1.165) is 0 Å². The third kappa shape index (κ3) is 3.43. The van der Waals surface area contributed by atoms with Gasteiger partial charge in [0.15, 0.2) is 9.84 Å². The monoisotopic (exact) mass is 351 g/mol. The minimum atomic E-state index is -4.16. The molecule has 0 fully saturated rings. The summed E-state index contributed by atoms with van der Waals surface area (Å²) in [6, 6.07) is 0.523. The Bertz CT molecular complexity index is 783. The van der Waals surface area contributed by atoms with Crippen molar-refractivity contribution in [3.05, 3.63) is 52.6 Å². The highest BCUT2D eigenvalue weighted by Gasteiger charge is 2.46. The Morgan fingerprint density at radius 3 is 1.43 bits per heavy atom. The SMILES string of the molecule is CS(=O)(=O)c1cc([N+](=O)[O-])c(N([N+](=O)[O-])[N+](=O)[O-])c([N+](=O)[O-])c1. The highest BCUT2D eigenvalue weighted by atomic mass is 32.2. The van der Waals surface area contributed by atoms with Crippen molar-refractivity contribution in [2.75, 3.05) is 11.4 Å². The van der Waals surface area contributed by atoms with Crippen LogP contribution in [-0.2, 0) is 9.84 Å². The lowest BCUT2D eigenvalue weighted by Crippen LogP contribution is -2.36. The average Bonchev–Trinajstić information content (AvgIpc) is 2.35. The standard InChI is InChI=1S/C7H5N5O10S/c1-23(21,22)4-2-5(9(13)14)7(6(3-4)10(15)16)8(11(17)18)12(19)20/h2-3H,1H3. The molecule has 0 aliphatic carbocycles. The summed E-state index contributed by atoms with van der Waals surface area (Å²) < 4.78 is 22.8. The minimum absolute atomic E-state index is 0.262. The van der Waals surface area contributed by atoms with Crippen LogP contribution in [-0.4, -0.2) is 34.6 Å². The predicted molar refractivity (Wildman–Crippen MR) is 69.3 cm³/mol. The molecular formula is C7H5N5O10S. The van der Waals surface area contributed by atoms with Gasteiger partial charge in [0, 0.05) is 18.4 Å². The lowest BCUT2D eigenvalue weighted by atomic mass is 10.2. The van der Waals surface area contributed by atoms with Crippen LogP contribution in [0.4, 0.5) is 17.1 Å². The van der Waals surface area contributed by atoms with Crippen LogP contribution in [0.5, 0.6) is 0 Å². The first-order valence-corrected chi connectivity index (χ1v) is 7.02. The number of nitro benzene ring substituents is 2. The van der Waals surface area contributed by atoms with Crippen LogP contribution in [0.25, 0.3) is 0 Å². The molecule has 0 unspecified atom stereocenters. The number of hydrogen-bond acceptors (Lipinski definition) is 10. The van der Waals surface area contributed by atoms with Gasteiger partial charge in [0.1, 0.15) is 0 Å². The highest BCUT2D eigenvalue weighted by Crippen LogP contribution is 2.39. The van der Waals surface area contributed by atoms with Gasteiger partial charge < -0.3 is 0 Å². The van der Waals surface area contributed by atoms with E-state index >= 15 is 0 Å². The Hall–Kier alpha value is -3.43. The van der Waals surface area contributed by atoms with Gasteiger partial charge in [-0.25, -0.2) is 28.6 Å². The zero-order valence-electron chi connectivity index (χ0n) is 10.9. The van der Waals surface area contributed by atoms with E-state index in [9.17, 15) is 48.9 Å². The maximum Gasteiger partial charge on any atom is 0.335 e. The molecule has 0 radical (unpaired) electrons. The molecule has 15 nitrogen and oxygen atoms in total. The number of benzene rings is 1. The van der Waals surface area contributed by atoms with Crippen LogP contribution in [0.3, 0.4) is 0 Å². The number of hydrazine groups is 2. The number of nitro groups is 4. The number of sulfone groups is 1. The Morgan fingerprint density at radius 1 is 0.870 bits per heavy atom. The summed E-state index contributed by atoms with van der Waals surface area (Å²) >= 11 is 0. The maximum atomic E-state index is 11.4. The van der Waals surface area contributed by atoms with Gasteiger partial charge in [-0.05, 0) is 0 Å². The van der Waals surface area contributed by atoms with Crippen molar-refractivity contribution in [3.8, 4) is 0 Å². The predicted octanol–water partition coefficient (Wildman–Crippen LogP) is 0.0963. The quantitative estimate of drug-likeness (QED) is 0.495. The molecule has 0 aliphatic heterocycles. The van der Waals surface area contributed by atoms with E-state index in [1.54, 1.807) is 0 Å². The number of rotatable bonds is 6. The van der Waals surface area contributed by atoms with Gasteiger partial charge in [-0.3, -0.25) is 20.2 Å². The van der Waals surface area contributed by atoms with E-state index < -0.39 is 56.8 Å². The number of hydrogen-bond donors (Lipinski definition) is 0. The molecule has 0 saturated carbocycles. The van der Waals surface area contributed by atoms with Crippen molar-refractivity contribution in [1.82, 2.24) is 0 Å². The van der Waals surface area contributed by atoms with Crippen LogP contribution in [0.1, 0.15) is 0 Å². The lowest BCUT2D eigenvalue weighted by molar-refractivity contribution is -0.712. The van der Waals surface area contributed by atoms with Gasteiger partial charge in [0.25, 0.3) is 0 Å². The molecule has 0 atom stereocenters. The molecule has 0 N–H and O–H groups in total. The zero-order valence-corrected chi connectivity index (χ0v) is 11.7. The lowest BCUT2D eigenvalue weighted by Gasteiger charge is -2.06. The third-order valence-electron chi connectivity index (χ3n) is 2.37. The van der Waals surface area contributed by atoms with Crippen molar-refractivity contribution in [2.24, 2.45) is 0 Å². The first-order chi connectivity index (χ1) is 10.4. The maximum absolute atomic E-state index is 11.4. The second kappa shape index (κ2) is 5.75. The topological polar surface area (TPSA) is 210 Å². The Labute approximate surface area is 125 Å². The smallest absolute Gasteiger partial charge is 0.258 e. The van der Waals surface area contributed by atoms with E-state index in [4.69, 9.17) is 0 Å². The molecule has 1 aromatic rings. The largest absolute Gasteiger partial charge is 0.335 e. The molecule has 0 aromatic heterocycles. The molecule has 23 heavy (non-hydrogen) atoms. The third-order valence-corrected chi connectivity index (χ3v) is 3.47. The van der Waals surface area contributed by atoms with E-state index in [-0.39, 0.29) is 12.1 Å². The summed E-state index contributed by atoms with van der Waals surface area (Å²) in [4.78, 5) is 39.6. The van der Waals surface area contributed by atoms with Gasteiger partial charge in [0.2, 0.25) is 15.2 Å². The van der Waals surface area contributed by atoms with Crippen LogP contribution in [0, 0.1) is 40.5 Å². The molecule has 0 spiro atoms. The van der Waals surface area contributed by atoms with Crippen molar-refractivity contribution >= 4 is 26.9 Å². The van der Waals surface area contributed by atoms with Crippen LogP contribution < -0.4 is 5.12 Å². The van der Waals surface area contributed by atoms with Crippen LogP contribution in [0.2, 0.25) is 0 Å². The van der Waals surface area contributed by atoms with Gasteiger partial charge >= 0.3 is 17.1 Å². The summed E-state index contributed by atoms with van der Waals surface area (Å²) in [6.45, 7) is 0. The summed E-state index contributed by atoms with van der Waals surface area (Å²) in [6.07, 6.45) is 0.578. The van der Waals surface area contributed by atoms with Gasteiger partial charge in [-0.15, -0.1) is 0 Å². The summed E-state index contributed by atoms with van der Waals surface area (Å²) in [5.41, 5.74) is -4.54. The van der Waals surface area contributed by atoms with Crippen LogP contribution >= 0.6 is 0 Å². The second-order valence-corrected chi connectivity index (χ2v) is 5.88. The summed E-state index contributed by atoms with van der Waals surface area (Å²) in [7, 11) is -4.16. The molecule has 1 rings (SSSR count). The van der Waals surface area contributed by atoms with Gasteiger partial charge in [-0.2, -0.15) is 0 Å². The highest BCUT2D eigenvalue weighted by molar-refractivity contribution is 7.90. The molecule has 0 bridgehead atoms. The zero-order chi connectivity index (χ0) is 18.1. The normalized spacial score (nSPS) is 10.8. The first-order valence-electron chi connectivity index (χ1n) is 5.13. The first kappa shape index (κ1) is 17.6.